The number of pyridine rings is 2. The molecule has 25 heavy (non-hydrogen) atoms. The van der Waals surface area contributed by atoms with Crippen LogP contribution in [-0.4, -0.2) is 18.9 Å². The molecule has 0 saturated heterocycles. The van der Waals surface area contributed by atoms with E-state index < -0.39 is 0 Å². The van der Waals surface area contributed by atoms with E-state index in [1.807, 2.05) is 30.7 Å². The standard InChI is InChI=1S/C20H14N5/c1-2-6-15(7-3-1)24-16-8-10-21-11-17(16)25-18(24)13-23-12-14-5-4-9-22-19(14)20(23)25/h1-11,13H,12H2/q+1. The molecule has 0 N–H and O–H groups in total. The van der Waals surface area contributed by atoms with E-state index in [1.165, 1.54) is 5.56 Å². The van der Waals surface area contributed by atoms with Gasteiger partial charge in [0.25, 0.3) is 5.65 Å². The Hall–Kier alpha value is -3.47. The first-order valence-corrected chi connectivity index (χ1v) is 8.31. The van der Waals surface area contributed by atoms with Gasteiger partial charge in [-0.25, -0.2) is 9.55 Å². The first-order chi connectivity index (χ1) is 12.4. The van der Waals surface area contributed by atoms with Crippen molar-refractivity contribution in [2.75, 3.05) is 0 Å². The summed E-state index contributed by atoms with van der Waals surface area (Å²) < 4.78 is 6.83. The van der Waals surface area contributed by atoms with Crippen LogP contribution in [-0.2, 0) is 6.54 Å². The molecule has 5 aromatic rings. The Bertz CT molecular complexity index is 1260. The van der Waals surface area contributed by atoms with Crippen LogP contribution in [0.25, 0.3) is 33.9 Å². The normalized spacial score (nSPS) is 12.6. The van der Waals surface area contributed by atoms with Crippen LogP contribution in [0.5, 0.6) is 0 Å². The lowest BCUT2D eigenvalue weighted by Crippen LogP contribution is -2.29. The second-order valence-electron chi connectivity index (χ2n) is 6.32. The van der Waals surface area contributed by atoms with Crippen LogP contribution in [0.15, 0.2) is 73.3 Å². The van der Waals surface area contributed by atoms with Crippen LogP contribution >= 0.6 is 0 Å². The fraction of sp³-hybridized carbons (Fsp3) is 0.0500. The summed E-state index contributed by atoms with van der Waals surface area (Å²) in [5, 5.41) is 0. The number of rotatable bonds is 1. The van der Waals surface area contributed by atoms with E-state index in [-0.39, 0.29) is 0 Å². The molecule has 118 valence electrons. The zero-order valence-electron chi connectivity index (χ0n) is 13.4. The Kier molecular flexibility index (Phi) is 2.34. The van der Waals surface area contributed by atoms with Gasteiger partial charge in [-0.15, -0.1) is 0 Å². The third-order valence-electron chi connectivity index (χ3n) is 4.93. The van der Waals surface area contributed by atoms with Crippen molar-refractivity contribution < 1.29 is 4.57 Å². The van der Waals surface area contributed by atoms with E-state index in [2.05, 4.69) is 66.1 Å². The zero-order chi connectivity index (χ0) is 16.4. The molecule has 5 nitrogen and oxygen atoms in total. The number of nitrogens with zero attached hydrogens (tertiary/aromatic N) is 5. The molecule has 0 spiro atoms. The Morgan fingerprint density at radius 1 is 0.920 bits per heavy atom. The number of imidazole rings is 2. The van der Waals surface area contributed by atoms with Gasteiger partial charge in [0.05, 0.1) is 6.20 Å². The van der Waals surface area contributed by atoms with Crippen LogP contribution in [0.2, 0.25) is 0 Å². The number of benzene rings is 1. The molecular weight excluding hydrogens is 310 g/mol. The molecule has 0 unspecified atom stereocenters. The largest absolute Gasteiger partial charge is 0.315 e. The highest BCUT2D eigenvalue weighted by Crippen LogP contribution is 2.32. The van der Waals surface area contributed by atoms with Crippen molar-refractivity contribution in [3.63, 3.8) is 0 Å². The predicted octanol–water partition coefficient (Wildman–Crippen LogP) is 2.99. The molecule has 0 amide bonds. The second-order valence-corrected chi connectivity index (χ2v) is 6.32. The van der Waals surface area contributed by atoms with E-state index >= 15 is 0 Å². The molecule has 6 rings (SSSR count). The maximum atomic E-state index is 4.64. The smallest absolute Gasteiger partial charge is 0.270 e. The minimum Gasteiger partial charge on any atom is -0.270 e. The molecule has 0 aliphatic carbocycles. The third-order valence-corrected chi connectivity index (χ3v) is 4.93. The summed E-state index contributed by atoms with van der Waals surface area (Å²) in [5.74, 6) is 1.12. The summed E-state index contributed by atoms with van der Waals surface area (Å²) >= 11 is 0. The van der Waals surface area contributed by atoms with E-state index in [1.54, 1.807) is 0 Å². The number of hydrogen-bond donors (Lipinski definition) is 0. The van der Waals surface area contributed by atoms with Gasteiger partial charge in [0, 0.05) is 23.6 Å². The van der Waals surface area contributed by atoms with Gasteiger partial charge < -0.3 is 0 Å². The van der Waals surface area contributed by atoms with Crippen molar-refractivity contribution >= 4 is 16.7 Å². The fourth-order valence-corrected chi connectivity index (χ4v) is 3.92. The van der Waals surface area contributed by atoms with Gasteiger partial charge >= 0.3 is 5.82 Å². The van der Waals surface area contributed by atoms with E-state index in [9.17, 15) is 0 Å². The summed E-state index contributed by atoms with van der Waals surface area (Å²) in [6.07, 6.45) is 7.86. The SMILES string of the molecule is c1ccc(-n2c3ccncc3n3c4[n+](cc23)Cc2cccnc2-4)cc1. The minimum atomic E-state index is 0.858. The van der Waals surface area contributed by atoms with E-state index in [0.29, 0.717) is 0 Å². The fourth-order valence-electron chi connectivity index (χ4n) is 3.92. The zero-order valence-corrected chi connectivity index (χ0v) is 13.4. The highest BCUT2D eigenvalue weighted by Gasteiger charge is 2.34. The number of para-hydroxylation sites is 1. The molecule has 0 fully saturated rings. The highest BCUT2D eigenvalue weighted by molar-refractivity contribution is 5.85. The Balaban J connectivity index is 1.81. The summed E-state index contributed by atoms with van der Waals surface area (Å²) in [6, 6.07) is 16.7. The van der Waals surface area contributed by atoms with Crippen LogP contribution in [0.1, 0.15) is 5.56 Å². The summed E-state index contributed by atoms with van der Waals surface area (Å²) in [5.41, 5.74) is 6.82. The van der Waals surface area contributed by atoms with E-state index in [0.717, 1.165) is 40.4 Å². The molecule has 0 saturated carbocycles. The van der Waals surface area contributed by atoms with Crippen molar-refractivity contribution in [3.8, 4) is 17.2 Å². The van der Waals surface area contributed by atoms with Crippen molar-refractivity contribution in [3.05, 3.63) is 78.9 Å². The van der Waals surface area contributed by atoms with Gasteiger partial charge in [-0.05, 0) is 24.3 Å². The molecule has 5 heteroatoms. The quantitative estimate of drug-likeness (QED) is 0.436. The summed E-state index contributed by atoms with van der Waals surface area (Å²) in [4.78, 5) is 9.01. The number of aromatic nitrogens is 5. The van der Waals surface area contributed by atoms with Crippen molar-refractivity contribution in [2.45, 2.75) is 6.54 Å². The number of hydrogen-bond acceptors (Lipinski definition) is 2. The maximum absolute atomic E-state index is 4.64. The van der Waals surface area contributed by atoms with Crippen LogP contribution in [0, 0.1) is 0 Å². The molecule has 1 aromatic carbocycles. The molecular formula is C20H14N5+. The minimum absolute atomic E-state index is 0.858. The Morgan fingerprint density at radius 3 is 2.76 bits per heavy atom. The van der Waals surface area contributed by atoms with Gasteiger partial charge in [-0.2, -0.15) is 4.40 Å². The van der Waals surface area contributed by atoms with Crippen molar-refractivity contribution in [1.29, 1.82) is 0 Å². The van der Waals surface area contributed by atoms with Gasteiger partial charge in [-0.1, -0.05) is 24.3 Å². The van der Waals surface area contributed by atoms with Gasteiger partial charge in [0.15, 0.2) is 17.4 Å². The predicted molar refractivity (Wildman–Crippen MR) is 94.6 cm³/mol. The average Bonchev–Trinajstić information content (AvgIpc) is 3.28. The molecule has 0 atom stereocenters. The van der Waals surface area contributed by atoms with Gasteiger partial charge in [-0.3, -0.25) is 9.55 Å². The first kappa shape index (κ1) is 12.9. The molecule has 1 aliphatic heterocycles. The molecule has 5 heterocycles. The Morgan fingerprint density at radius 2 is 1.84 bits per heavy atom. The summed E-state index contributed by atoms with van der Waals surface area (Å²) in [6.45, 7) is 0.858. The second kappa shape index (κ2) is 4.54. The first-order valence-electron chi connectivity index (χ1n) is 8.31. The highest BCUT2D eigenvalue weighted by atomic mass is 15.2. The monoisotopic (exact) mass is 324 g/mol. The van der Waals surface area contributed by atoms with Gasteiger partial charge in [0.1, 0.15) is 12.1 Å². The summed E-state index contributed by atoms with van der Waals surface area (Å²) in [7, 11) is 0. The van der Waals surface area contributed by atoms with Crippen LogP contribution < -0.4 is 4.57 Å². The van der Waals surface area contributed by atoms with Crippen molar-refractivity contribution in [2.24, 2.45) is 0 Å². The molecule has 0 radical (unpaired) electrons. The van der Waals surface area contributed by atoms with Crippen molar-refractivity contribution in [1.82, 2.24) is 18.9 Å². The average molecular weight is 324 g/mol. The van der Waals surface area contributed by atoms with Crippen LogP contribution in [0.3, 0.4) is 0 Å². The molecule has 0 bridgehead atoms. The topological polar surface area (TPSA) is 39.0 Å². The maximum Gasteiger partial charge on any atom is 0.315 e. The lowest BCUT2D eigenvalue weighted by molar-refractivity contribution is -0.670. The lowest BCUT2D eigenvalue weighted by Gasteiger charge is -2.02. The third kappa shape index (κ3) is 1.59. The Labute approximate surface area is 143 Å². The number of fused-ring (bicyclic) bond motifs is 7. The van der Waals surface area contributed by atoms with Crippen LogP contribution in [0.4, 0.5) is 0 Å². The van der Waals surface area contributed by atoms with E-state index in [4.69, 9.17) is 0 Å². The van der Waals surface area contributed by atoms with Gasteiger partial charge in [0.2, 0.25) is 0 Å². The lowest BCUT2D eigenvalue weighted by atomic mass is 10.2. The molecule has 4 aromatic heterocycles. The molecule has 1 aliphatic rings.